The quantitative estimate of drug-likeness (QED) is 0.867. The molecule has 0 aliphatic carbocycles. The molecule has 20 heavy (non-hydrogen) atoms. The topological polar surface area (TPSA) is 60.9 Å². The third-order valence-corrected chi connectivity index (χ3v) is 3.42. The molecule has 0 aromatic rings. The van der Waals surface area contributed by atoms with E-state index in [0.29, 0.717) is 0 Å². The van der Waals surface area contributed by atoms with E-state index in [4.69, 9.17) is 5.11 Å². The van der Waals surface area contributed by atoms with Gasteiger partial charge in [-0.05, 0) is 19.8 Å². The normalized spacial score (nSPS) is 23.2. The molecule has 2 amide bonds. The fourth-order valence-corrected chi connectivity index (χ4v) is 2.29. The van der Waals surface area contributed by atoms with Crippen molar-refractivity contribution in [3.63, 3.8) is 0 Å². The zero-order valence-electron chi connectivity index (χ0n) is 11.6. The maximum atomic E-state index is 12.5. The lowest BCUT2D eigenvalue weighted by molar-refractivity contribution is -0.145. The van der Waals surface area contributed by atoms with Crippen LogP contribution in [0.1, 0.15) is 20.8 Å². The Hall–Kier alpha value is -1.47. The average Bonchev–Trinajstić information content (AvgIpc) is 2.66. The average molecular weight is 296 g/mol. The summed E-state index contributed by atoms with van der Waals surface area (Å²) in [4.78, 5) is 25.0. The van der Waals surface area contributed by atoms with Crippen LogP contribution in [0.4, 0.5) is 18.0 Å². The number of nitrogens with zero attached hydrogens (tertiary/aromatic N) is 2. The molecule has 5 nitrogen and oxygen atoms in total. The highest BCUT2D eigenvalue weighted by Crippen LogP contribution is 2.26. The Morgan fingerprint density at radius 1 is 1.35 bits per heavy atom. The highest BCUT2D eigenvalue weighted by molar-refractivity contribution is 5.78. The fraction of sp³-hybridized carbons (Fsp3) is 0.833. The Bertz CT molecular complexity index is 385. The van der Waals surface area contributed by atoms with Gasteiger partial charge in [-0.25, -0.2) is 4.79 Å². The molecule has 0 aromatic heterocycles. The third-order valence-electron chi connectivity index (χ3n) is 3.42. The van der Waals surface area contributed by atoms with Gasteiger partial charge in [0.05, 0.1) is 5.92 Å². The van der Waals surface area contributed by atoms with Gasteiger partial charge in [-0.15, -0.1) is 0 Å². The number of carboxylic acids is 1. The van der Waals surface area contributed by atoms with Crippen molar-refractivity contribution in [1.82, 2.24) is 9.80 Å². The summed E-state index contributed by atoms with van der Waals surface area (Å²) in [7, 11) is 0. The summed E-state index contributed by atoms with van der Waals surface area (Å²) in [5, 5.41) is 8.99. The van der Waals surface area contributed by atoms with Gasteiger partial charge in [-0.3, -0.25) is 4.79 Å². The van der Waals surface area contributed by atoms with Gasteiger partial charge in [0.1, 0.15) is 6.54 Å². The molecule has 0 spiro atoms. The monoisotopic (exact) mass is 296 g/mol. The van der Waals surface area contributed by atoms with Crippen molar-refractivity contribution in [2.24, 2.45) is 11.8 Å². The van der Waals surface area contributed by atoms with Crippen LogP contribution in [0.25, 0.3) is 0 Å². The lowest BCUT2D eigenvalue weighted by Gasteiger charge is -2.31. The highest BCUT2D eigenvalue weighted by atomic mass is 19.4. The SMILES string of the molecule is CC1CN(C(=O)N(CC(F)(F)F)C(C)C)CC1C(=O)O. The fourth-order valence-electron chi connectivity index (χ4n) is 2.29. The standard InChI is InChI=1S/C12H19F3N2O3/c1-7(2)17(6-12(13,14)15)11(20)16-4-8(3)9(5-16)10(18)19/h7-9H,4-6H2,1-3H3,(H,18,19). The minimum Gasteiger partial charge on any atom is -0.481 e. The number of urea groups is 1. The second kappa shape index (κ2) is 5.88. The number of rotatable bonds is 3. The van der Waals surface area contributed by atoms with Gasteiger partial charge in [-0.2, -0.15) is 13.2 Å². The molecule has 1 rings (SSSR count). The van der Waals surface area contributed by atoms with Crippen LogP contribution in [0.15, 0.2) is 0 Å². The summed E-state index contributed by atoms with van der Waals surface area (Å²) in [6, 6.07) is -1.36. The van der Waals surface area contributed by atoms with Gasteiger partial charge in [-0.1, -0.05) is 6.92 Å². The Kier molecular flexibility index (Phi) is 4.88. The smallest absolute Gasteiger partial charge is 0.406 e. The van der Waals surface area contributed by atoms with Crippen LogP contribution < -0.4 is 0 Å². The van der Waals surface area contributed by atoms with Crippen LogP contribution in [0.5, 0.6) is 0 Å². The summed E-state index contributed by atoms with van der Waals surface area (Å²) >= 11 is 0. The van der Waals surface area contributed by atoms with Gasteiger partial charge in [0.25, 0.3) is 0 Å². The molecule has 2 unspecified atom stereocenters. The number of aliphatic carboxylic acids is 1. The highest BCUT2D eigenvalue weighted by Gasteiger charge is 2.41. The van der Waals surface area contributed by atoms with E-state index in [0.717, 1.165) is 4.90 Å². The predicted molar refractivity (Wildman–Crippen MR) is 65.2 cm³/mol. The largest absolute Gasteiger partial charge is 0.481 e. The Morgan fingerprint density at radius 2 is 1.90 bits per heavy atom. The number of carbonyl (C=O) groups is 2. The number of carbonyl (C=O) groups excluding carboxylic acids is 1. The molecule has 1 fully saturated rings. The summed E-state index contributed by atoms with van der Waals surface area (Å²) in [5.74, 6) is -2.02. The molecule has 1 aliphatic heterocycles. The van der Waals surface area contributed by atoms with Gasteiger partial charge >= 0.3 is 18.2 Å². The van der Waals surface area contributed by atoms with Crippen molar-refractivity contribution in [3.05, 3.63) is 0 Å². The van der Waals surface area contributed by atoms with Crippen molar-refractivity contribution in [2.45, 2.75) is 33.0 Å². The lowest BCUT2D eigenvalue weighted by Crippen LogP contribution is -2.49. The van der Waals surface area contributed by atoms with Crippen molar-refractivity contribution in [1.29, 1.82) is 0 Å². The van der Waals surface area contributed by atoms with E-state index in [-0.39, 0.29) is 19.0 Å². The lowest BCUT2D eigenvalue weighted by atomic mass is 9.99. The number of hydrogen-bond acceptors (Lipinski definition) is 2. The number of halogens is 3. The van der Waals surface area contributed by atoms with Crippen LogP contribution in [-0.4, -0.2) is 58.8 Å². The molecule has 1 saturated heterocycles. The number of amides is 2. The maximum absolute atomic E-state index is 12.5. The van der Waals surface area contributed by atoms with Crippen LogP contribution in [0, 0.1) is 11.8 Å². The van der Waals surface area contributed by atoms with E-state index in [9.17, 15) is 22.8 Å². The first kappa shape index (κ1) is 16.6. The maximum Gasteiger partial charge on any atom is 0.406 e. The van der Waals surface area contributed by atoms with E-state index < -0.39 is 36.7 Å². The third kappa shape index (κ3) is 4.01. The van der Waals surface area contributed by atoms with E-state index in [1.807, 2.05) is 0 Å². The van der Waals surface area contributed by atoms with Gasteiger partial charge in [0.15, 0.2) is 0 Å². The first-order valence-corrected chi connectivity index (χ1v) is 6.38. The Morgan fingerprint density at radius 3 is 2.25 bits per heavy atom. The number of hydrogen-bond donors (Lipinski definition) is 1. The van der Waals surface area contributed by atoms with E-state index in [2.05, 4.69) is 0 Å². The zero-order chi connectivity index (χ0) is 15.7. The number of likely N-dealkylation sites (tertiary alicyclic amines) is 1. The molecule has 0 aromatic carbocycles. The first-order valence-electron chi connectivity index (χ1n) is 6.38. The van der Waals surface area contributed by atoms with Gasteiger partial charge < -0.3 is 14.9 Å². The molecule has 0 bridgehead atoms. The van der Waals surface area contributed by atoms with E-state index in [1.165, 1.54) is 18.7 Å². The number of carboxylic acid groups (broad SMARTS) is 1. The Labute approximate surface area is 115 Å². The van der Waals surface area contributed by atoms with E-state index >= 15 is 0 Å². The number of alkyl halides is 3. The summed E-state index contributed by atoms with van der Waals surface area (Å²) in [5.41, 5.74) is 0. The molecule has 116 valence electrons. The molecule has 0 radical (unpaired) electrons. The minimum absolute atomic E-state index is 0.0452. The molecule has 1 aliphatic rings. The van der Waals surface area contributed by atoms with Gasteiger partial charge in [0, 0.05) is 19.1 Å². The van der Waals surface area contributed by atoms with Crippen molar-refractivity contribution in [2.75, 3.05) is 19.6 Å². The molecular formula is C12H19F3N2O3. The molecule has 1 heterocycles. The summed E-state index contributed by atoms with van der Waals surface area (Å²) in [6.45, 7) is 3.46. The van der Waals surface area contributed by atoms with Gasteiger partial charge in [0.2, 0.25) is 0 Å². The van der Waals surface area contributed by atoms with Crippen LogP contribution >= 0.6 is 0 Å². The predicted octanol–water partition coefficient (Wildman–Crippen LogP) is 2.03. The molecular weight excluding hydrogens is 277 g/mol. The Balaban J connectivity index is 2.79. The van der Waals surface area contributed by atoms with Crippen LogP contribution in [-0.2, 0) is 4.79 Å². The molecule has 0 saturated carbocycles. The second-order valence-electron chi connectivity index (χ2n) is 5.45. The molecule has 8 heteroatoms. The van der Waals surface area contributed by atoms with Crippen molar-refractivity contribution in [3.8, 4) is 0 Å². The van der Waals surface area contributed by atoms with Crippen LogP contribution in [0.2, 0.25) is 0 Å². The summed E-state index contributed by atoms with van der Waals surface area (Å²) in [6.07, 6.45) is -4.47. The molecule has 2 atom stereocenters. The van der Waals surface area contributed by atoms with Crippen molar-refractivity contribution >= 4 is 12.0 Å². The minimum atomic E-state index is -4.47. The van der Waals surface area contributed by atoms with Crippen LogP contribution in [0.3, 0.4) is 0 Å². The van der Waals surface area contributed by atoms with Crippen molar-refractivity contribution < 1.29 is 27.9 Å². The van der Waals surface area contributed by atoms with E-state index in [1.54, 1.807) is 6.92 Å². The zero-order valence-corrected chi connectivity index (χ0v) is 11.6. The summed E-state index contributed by atoms with van der Waals surface area (Å²) < 4.78 is 37.5. The first-order chi connectivity index (χ1) is 9.03. The second-order valence-corrected chi connectivity index (χ2v) is 5.45. The molecule has 1 N–H and O–H groups in total.